The van der Waals surface area contributed by atoms with Crippen LogP contribution < -0.4 is 9.46 Å². The maximum atomic E-state index is 12.9. The van der Waals surface area contributed by atoms with Crippen molar-refractivity contribution in [1.82, 2.24) is 9.62 Å². The molecule has 0 aliphatic carbocycles. The number of likely N-dealkylation sites (tertiary alicyclic amines) is 1. The summed E-state index contributed by atoms with van der Waals surface area (Å²) in [5, 5.41) is 0. The summed E-state index contributed by atoms with van der Waals surface area (Å²) in [6.45, 7) is 3.37. The number of amides is 1. The van der Waals surface area contributed by atoms with Crippen LogP contribution in [0.3, 0.4) is 0 Å². The number of carbonyl (C=O) groups excluding carboxylic acids is 1. The standard InChI is InChI=1S/C22H28N2O4S/c1-17-6-12-20(13-7-17)29(26,27)23-21(18-8-10-19(28-2)11-9-18)16-22(25)24-14-4-3-5-15-24/h6-13,21,23H,3-5,14-16H2,1-2H3. The minimum absolute atomic E-state index is 0.0304. The zero-order valence-electron chi connectivity index (χ0n) is 16.9. The Balaban J connectivity index is 1.84. The van der Waals surface area contributed by atoms with Crippen LogP contribution >= 0.6 is 0 Å². The molecule has 156 valence electrons. The lowest BCUT2D eigenvalue weighted by molar-refractivity contribution is -0.132. The molecule has 1 amide bonds. The summed E-state index contributed by atoms with van der Waals surface area (Å²) in [4.78, 5) is 14.9. The van der Waals surface area contributed by atoms with Crippen LogP contribution in [0.5, 0.6) is 5.75 Å². The Bertz CT molecular complexity index is 918. The molecule has 0 aromatic heterocycles. The van der Waals surface area contributed by atoms with Crippen molar-refractivity contribution in [2.45, 2.75) is 43.5 Å². The second-order valence-electron chi connectivity index (χ2n) is 7.41. The molecule has 3 rings (SSSR count). The number of hydrogen-bond acceptors (Lipinski definition) is 4. The number of nitrogens with zero attached hydrogens (tertiary/aromatic N) is 1. The molecule has 7 heteroatoms. The highest BCUT2D eigenvalue weighted by Gasteiger charge is 2.26. The van der Waals surface area contributed by atoms with Gasteiger partial charge in [-0.15, -0.1) is 0 Å². The fourth-order valence-corrected chi connectivity index (χ4v) is 4.71. The number of nitrogens with one attached hydrogen (secondary N) is 1. The van der Waals surface area contributed by atoms with Crippen molar-refractivity contribution in [3.63, 3.8) is 0 Å². The molecule has 1 saturated heterocycles. The summed E-state index contributed by atoms with van der Waals surface area (Å²) in [6, 6.07) is 13.2. The summed E-state index contributed by atoms with van der Waals surface area (Å²) in [5.41, 5.74) is 1.71. The Morgan fingerprint density at radius 3 is 2.24 bits per heavy atom. The van der Waals surface area contributed by atoms with E-state index < -0.39 is 16.1 Å². The number of benzene rings is 2. The number of sulfonamides is 1. The van der Waals surface area contributed by atoms with Gasteiger partial charge in [0, 0.05) is 19.5 Å². The molecule has 0 spiro atoms. The lowest BCUT2D eigenvalue weighted by Crippen LogP contribution is -2.39. The molecule has 2 aromatic carbocycles. The van der Waals surface area contributed by atoms with Gasteiger partial charge in [-0.25, -0.2) is 13.1 Å². The van der Waals surface area contributed by atoms with Gasteiger partial charge in [0.15, 0.2) is 0 Å². The van der Waals surface area contributed by atoms with Gasteiger partial charge in [0.25, 0.3) is 0 Å². The molecule has 1 atom stereocenters. The van der Waals surface area contributed by atoms with E-state index in [0.29, 0.717) is 5.75 Å². The third kappa shape index (κ3) is 5.58. The highest BCUT2D eigenvalue weighted by atomic mass is 32.2. The fourth-order valence-electron chi connectivity index (χ4n) is 3.48. The minimum Gasteiger partial charge on any atom is -0.497 e. The molecule has 6 nitrogen and oxygen atoms in total. The predicted octanol–water partition coefficient (Wildman–Crippen LogP) is 3.43. The molecule has 1 fully saturated rings. The average molecular weight is 417 g/mol. The maximum Gasteiger partial charge on any atom is 0.241 e. The highest BCUT2D eigenvalue weighted by molar-refractivity contribution is 7.89. The van der Waals surface area contributed by atoms with Crippen LogP contribution in [-0.4, -0.2) is 39.4 Å². The molecule has 1 aliphatic rings. The first kappa shape index (κ1) is 21.3. The van der Waals surface area contributed by atoms with Crippen LogP contribution in [-0.2, 0) is 14.8 Å². The van der Waals surface area contributed by atoms with Gasteiger partial charge in [0.2, 0.25) is 15.9 Å². The Labute approximate surface area is 172 Å². The van der Waals surface area contributed by atoms with E-state index in [1.807, 2.05) is 11.8 Å². The summed E-state index contributed by atoms with van der Waals surface area (Å²) < 4.78 is 33.8. The highest BCUT2D eigenvalue weighted by Crippen LogP contribution is 2.24. The number of carbonyl (C=O) groups is 1. The lowest BCUT2D eigenvalue weighted by Gasteiger charge is -2.29. The average Bonchev–Trinajstić information content (AvgIpc) is 2.74. The summed E-state index contributed by atoms with van der Waals surface area (Å²) in [5.74, 6) is 0.647. The first-order chi connectivity index (χ1) is 13.9. The van der Waals surface area contributed by atoms with Crippen molar-refractivity contribution in [3.8, 4) is 5.75 Å². The number of piperidine rings is 1. The lowest BCUT2D eigenvalue weighted by atomic mass is 10.0. The number of hydrogen-bond donors (Lipinski definition) is 1. The minimum atomic E-state index is -3.77. The van der Waals surface area contributed by atoms with Crippen molar-refractivity contribution < 1.29 is 17.9 Å². The number of ether oxygens (including phenoxy) is 1. The maximum absolute atomic E-state index is 12.9. The number of aryl methyl sites for hydroxylation is 1. The monoisotopic (exact) mass is 416 g/mol. The van der Waals surface area contributed by atoms with Crippen LogP contribution in [0, 0.1) is 6.92 Å². The SMILES string of the molecule is COc1ccc(C(CC(=O)N2CCCCC2)NS(=O)(=O)c2ccc(C)cc2)cc1. The third-order valence-corrected chi connectivity index (χ3v) is 6.72. The van der Waals surface area contributed by atoms with Gasteiger partial charge in [-0.2, -0.15) is 0 Å². The first-order valence-corrected chi connectivity index (χ1v) is 11.4. The molecule has 0 radical (unpaired) electrons. The van der Waals surface area contributed by atoms with Crippen molar-refractivity contribution in [3.05, 3.63) is 59.7 Å². The van der Waals surface area contributed by atoms with Crippen molar-refractivity contribution in [2.24, 2.45) is 0 Å². The van der Waals surface area contributed by atoms with E-state index in [1.165, 1.54) is 0 Å². The van der Waals surface area contributed by atoms with Crippen LogP contribution in [0.2, 0.25) is 0 Å². The Hall–Kier alpha value is -2.38. The van der Waals surface area contributed by atoms with Crippen molar-refractivity contribution in [2.75, 3.05) is 20.2 Å². The van der Waals surface area contributed by atoms with E-state index >= 15 is 0 Å². The fraction of sp³-hybridized carbons (Fsp3) is 0.409. The molecule has 1 N–H and O–H groups in total. The van der Waals surface area contributed by atoms with Gasteiger partial charge in [0.1, 0.15) is 5.75 Å². The van der Waals surface area contributed by atoms with Gasteiger partial charge < -0.3 is 9.64 Å². The van der Waals surface area contributed by atoms with Gasteiger partial charge in [-0.1, -0.05) is 29.8 Å². The van der Waals surface area contributed by atoms with Gasteiger partial charge >= 0.3 is 0 Å². The number of rotatable bonds is 7. The zero-order chi connectivity index (χ0) is 20.9. The van der Waals surface area contributed by atoms with Crippen LogP contribution in [0.1, 0.15) is 42.9 Å². The summed E-state index contributed by atoms with van der Waals surface area (Å²) in [7, 11) is -2.19. The second kappa shape index (κ2) is 9.41. The number of methoxy groups -OCH3 is 1. The van der Waals surface area contributed by atoms with Gasteiger partial charge in [-0.05, 0) is 56.0 Å². The van der Waals surface area contributed by atoms with Gasteiger partial charge in [0.05, 0.1) is 18.0 Å². The molecule has 0 bridgehead atoms. The van der Waals surface area contributed by atoms with Gasteiger partial charge in [-0.3, -0.25) is 4.79 Å². The first-order valence-electron chi connectivity index (χ1n) is 9.90. The molecule has 1 unspecified atom stereocenters. The molecule has 0 saturated carbocycles. The van der Waals surface area contributed by atoms with E-state index in [4.69, 9.17) is 4.74 Å². The van der Waals surface area contributed by atoms with E-state index in [2.05, 4.69) is 4.72 Å². The van der Waals surface area contributed by atoms with E-state index in [1.54, 1.807) is 55.6 Å². The predicted molar refractivity (Wildman–Crippen MR) is 112 cm³/mol. The Morgan fingerprint density at radius 1 is 1.03 bits per heavy atom. The Kier molecular flexibility index (Phi) is 6.92. The van der Waals surface area contributed by atoms with Crippen molar-refractivity contribution in [1.29, 1.82) is 0 Å². The van der Waals surface area contributed by atoms with E-state index in [0.717, 1.165) is 43.5 Å². The topological polar surface area (TPSA) is 75.7 Å². The third-order valence-electron chi connectivity index (χ3n) is 5.23. The largest absolute Gasteiger partial charge is 0.497 e. The summed E-state index contributed by atoms with van der Waals surface area (Å²) in [6.07, 6.45) is 3.20. The summed E-state index contributed by atoms with van der Waals surface area (Å²) >= 11 is 0. The van der Waals surface area contributed by atoms with E-state index in [-0.39, 0.29) is 17.2 Å². The van der Waals surface area contributed by atoms with Crippen LogP contribution in [0.15, 0.2) is 53.4 Å². The van der Waals surface area contributed by atoms with Crippen molar-refractivity contribution >= 4 is 15.9 Å². The zero-order valence-corrected chi connectivity index (χ0v) is 17.7. The molecular formula is C22H28N2O4S. The molecule has 1 aliphatic heterocycles. The van der Waals surface area contributed by atoms with E-state index in [9.17, 15) is 13.2 Å². The molecular weight excluding hydrogens is 388 g/mol. The second-order valence-corrected chi connectivity index (χ2v) is 9.12. The quantitative estimate of drug-likeness (QED) is 0.750. The molecule has 2 aromatic rings. The Morgan fingerprint density at radius 2 is 1.66 bits per heavy atom. The van der Waals surface area contributed by atoms with Crippen LogP contribution in [0.25, 0.3) is 0 Å². The normalized spacial score (nSPS) is 15.7. The van der Waals surface area contributed by atoms with Crippen LogP contribution in [0.4, 0.5) is 0 Å². The smallest absolute Gasteiger partial charge is 0.241 e. The molecule has 29 heavy (non-hydrogen) atoms. The molecule has 1 heterocycles.